The summed E-state index contributed by atoms with van der Waals surface area (Å²) in [5, 5.41) is 8.61. The van der Waals surface area contributed by atoms with E-state index in [1.165, 1.54) is 47.3 Å². The van der Waals surface area contributed by atoms with E-state index in [9.17, 15) is 9.59 Å². The minimum atomic E-state index is -1.07. The molecule has 0 atom stereocenters. The lowest BCUT2D eigenvalue weighted by atomic mass is 10.1. The summed E-state index contributed by atoms with van der Waals surface area (Å²) in [7, 11) is 0. The highest BCUT2D eigenvalue weighted by Gasteiger charge is 2.09. The second-order valence-corrected chi connectivity index (χ2v) is 2.69. The van der Waals surface area contributed by atoms with Crippen LogP contribution in [0.1, 0.15) is 20.7 Å². The number of halogens is 1. The van der Waals surface area contributed by atoms with E-state index < -0.39 is 11.9 Å². The molecule has 0 saturated carbocycles. The van der Waals surface area contributed by atoms with Crippen molar-refractivity contribution in [3.63, 3.8) is 0 Å². The number of carboxylic acids is 1. The Balaban J connectivity index is 3.05. The zero-order valence-corrected chi connectivity index (χ0v) is 8.52. The molecule has 0 aromatic heterocycles. The number of carbonyl (C=O) groups is 2. The standard InChI is InChI=1S/C8H5IO4/c9-13-8(12)6-3-1-2-5(4-6)7(10)11/h1-4H,(H,10,11). The molecule has 0 heterocycles. The zero-order valence-electron chi connectivity index (χ0n) is 6.36. The van der Waals surface area contributed by atoms with Crippen LogP contribution in [0.4, 0.5) is 0 Å². The predicted molar refractivity (Wildman–Crippen MR) is 52.8 cm³/mol. The van der Waals surface area contributed by atoms with Gasteiger partial charge in [-0.25, -0.2) is 9.59 Å². The van der Waals surface area contributed by atoms with Gasteiger partial charge in [0.05, 0.1) is 11.1 Å². The molecule has 0 aliphatic carbocycles. The van der Waals surface area contributed by atoms with E-state index in [1.54, 1.807) is 0 Å². The predicted octanol–water partition coefficient (Wildman–Crippen LogP) is 1.89. The molecule has 4 nitrogen and oxygen atoms in total. The number of benzene rings is 1. The van der Waals surface area contributed by atoms with Gasteiger partial charge in [0, 0.05) is 0 Å². The summed E-state index contributed by atoms with van der Waals surface area (Å²) in [5.41, 5.74) is 0.300. The number of carbonyl (C=O) groups excluding carboxylic acids is 1. The Kier molecular flexibility index (Phi) is 3.24. The van der Waals surface area contributed by atoms with Gasteiger partial charge in [0.25, 0.3) is 0 Å². The van der Waals surface area contributed by atoms with Crippen LogP contribution in [-0.2, 0) is 3.07 Å². The Morgan fingerprint density at radius 2 is 1.92 bits per heavy atom. The van der Waals surface area contributed by atoms with Crippen LogP contribution in [0, 0.1) is 0 Å². The first-order valence-electron chi connectivity index (χ1n) is 3.31. The number of rotatable bonds is 2. The third-order valence-electron chi connectivity index (χ3n) is 1.42. The third kappa shape index (κ3) is 2.41. The summed E-state index contributed by atoms with van der Waals surface area (Å²) in [6.07, 6.45) is 0. The van der Waals surface area contributed by atoms with Crippen molar-refractivity contribution in [3.05, 3.63) is 35.4 Å². The molecule has 0 saturated heterocycles. The fourth-order valence-corrected chi connectivity index (χ4v) is 1.08. The largest absolute Gasteiger partial charge is 0.478 e. The Hall–Kier alpha value is -1.11. The summed E-state index contributed by atoms with van der Waals surface area (Å²) in [6, 6.07) is 5.66. The number of aromatic carboxylic acids is 1. The van der Waals surface area contributed by atoms with Crippen LogP contribution in [0.2, 0.25) is 0 Å². The van der Waals surface area contributed by atoms with Gasteiger partial charge in [-0.1, -0.05) is 6.07 Å². The van der Waals surface area contributed by atoms with Crippen LogP contribution in [0.5, 0.6) is 0 Å². The summed E-state index contributed by atoms with van der Waals surface area (Å²) in [4.78, 5) is 21.5. The molecule has 0 bridgehead atoms. The normalized spacial score (nSPS) is 9.31. The first-order valence-corrected chi connectivity index (χ1v) is 4.19. The lowest BCUT2D eigenvalue weighted by Crippen LogP contribution is -2.01. The summed E-state index contributed by atoms with van der Waals surface area (Å²) >= 11 is 1.45. The van der Waals surface area contributed by atoms with Gasteiger partial charge in [0.15, 0.2) is 23.0 Å². The number of carboxylic acid groups (broad SMARTS) is 1. The topological polar surface area (TPSA) is 63.6 Å². The number of hydrogen-bond donors (Lipinski definition) is 1. The summed E-state index contributed by atoms with van der Waals surface area (Å²) in [6.45, 7) is 0. The van der Waals surface area contributed by atoms with Gasteiger partial charge in [0.2, 0.25) is 0 Å². The number of hydrogen-bond acceptors (Lipinski definition) is 3. The van der Waals surface area contributed by atoms with Gasteiger partial charge in [0.1, 0.15) is 0 Å². The Morgan fingerprint density at radius 3 is 2.46 bits per heavy atom. The highest BCUT2D eigenvalue weighted by atomic mass is 127. The van der Waals surface area contributed by atoms with Gasteiger partial charge in [-0.3, -0.25) is 0 Å². The lowest BCUT2D eigenvalue weighted by Gasteiger charge is -1.98. The van der Waals surface area contributed by atoms with Crippen LogP contribution >= 0.6 is 23.0 Å². The molecule has 0 unspecified atom stereocenters. The van der Waals surface area contributed by atoms with E-state index >= 15 is 0 Å². The summed E-state index contributed by atoms with van der Waals surface area (Å²) in [5.74, 6) is -1.62. The molecule has 0 spiro atoms. The molecule has 0 amide bonds. The van der Waals surface area contributed by atoms with Gasteiger partial charge in [-0.15, -0.1) is 0 Å². The van der Waals surface area contributed by atoms with Crippen molar-refractivity contribution in [1.82, 2.24) is 0 Å². The first-order chi connectivity index (χ1) is 6.15. The van der Waals surface area contributed by atoms with E-state index in [0.29, 0.717) is 0 Å². The maximum absolute atomic E-state index is 11.0. The average molecular weight is 292 g/mol. The lowest BCUT2D eigenvalue weighted by molar-refractivity contribution is 0.0697. The van der Waals surface area contributed by atoms with E-state index in [1.807, 2.05) is 0 Å². The molecule has 1 aromatic carbocycles. The van der Waals surface area contributed by atoms with Gasteiger partial charge in [-0.05, 0) is 18.2 Å². The quantitative estimate of drug-likeness (QED) is 0.845. The van der Waals surface area contributed by atoms with Crippen LogP contribution in [0.25, 0.3) is 0 Å². The van der Waals surface area contributed by atoms with Crippen molar-refractivity contribution >= 4 is 34.9 Å². The minimum absolute atomic E-state index is 0.0688. The second kappa shape index (κ2) is 4.22. The van der Waals surface area contributed by atoms with Crippen molar-refractivity contribution in [3.8, 4) is 0 Å². The molecule has 5 heteroatoms. The van der Waals surface area contributed by atoms with Crippen LogP contribution in [0.15, 0.2) is 24.3 Å². The third-order valence-corrected chi connectivity index (χ3v) is 1.82. The first kappa shape index (κ1) is 9.97. The smallest absolute Gasteiger partial charge is 0.347 e. The Labute approximate surface area is 88.2 Å². The molecular weight excluding hydrogens is 287 g/mol. The molecule has 13 heavy (non-hydrogen) atoms. The van der Waals surface area contributed by atoms with Gasteiger partial charge < -0.3 is 8.17 Å². The van der Waals surface area contributed by atoms with Crippen LogP contribution < -0.4 is 0 Å². The molecule has 0 radical (unpaired) electrons. The molecule has 68 valence electrons. The summed E-state index contributed by atoms with van der Waals surface area (Å²) < 4.78 is 4.41. The van der Waals surface area contributed by atoms with Crippen LogP contribution in [-0.4, -0.2) is 17.0 Å². The fourth-order valence-electron chi connectivity index (χ4n) is 0.824. The van der Waals surface area contributed by atoms with Crippen molar-refractivity contribution in [2.24, 2.45) is 0 Å². The zero-order chi connectivity index (χ0) is 9.84. The molecule has 1 N–H and O–H groups in total. The molecule has 1 rings (SSSR count). The van der Waals surface area contributed by atoms with E-state index in [-0.39, 0.29) is 11.1 Å². The van der Waals surface area contributed by atoms with Crippen LogP contribution in [0.3, 0.4) is 0 Å². The molecular formula is C8H5IO4. The SMILES string of the molecule is O=C(O)c1cccc(C(=O)OI)c1. The fraction of sp³-hybridized carbons (Fsp3) is 0. The van der Waals surface area contributed by atoms with E-state index in [4.69, 9.17) is 5.11 Å². The molecule has 0 aliphatic rings. The van der Waals surface area contributed by atoms with E-state index in [2.05, 4.69) is 3.07 Å². The maximum atomic E-state index is 11.0. The molecule has 0 fully saturated rings. The second-order valence-electron chi connectivity index (χ2n) is 2.25. The van der Waals surface area contributed by atoms with Crippen molar-refractivity contribution < 1.29 is 17.8 Å². The minimum Gasteiger partial charge on any atom is -0.478 e. The molecule has 1 aromatic rings. The highest BCUT2D eigenvalue weighted by molar-refractivity contribution is 14.1. The van der Waals surface area contributed by atoms with E-state index in [0.717, 1.165) is 0 Å². The van der Waals surface area contributed by atoms with Crippen molar-refractivity contribution in [2.45, 2.75) is 0 Å². The van der Waals surface area contributed by atoms with Crippen molar-refractivity contribution in [2.75, 3.05) is 0 Å². The molecule has 0 aliphatic heterocycles. The monoisotopic (exact) mass is 292 g/mol. The Bertz CT molecular complexity index is 348. The highest BCUT2D eigenvalue weighted by Crippen LogP contribution is 2.08. The van der Waals surface area contributed by atoms with Gasteiger partial charge >= 0.3 is 11.9 Å². The maximum Gasteiger partial charge on any atom is 0.347 e. The van der Waals surface area contributed by atoms with Crippen molar-refractivity contribution in [1.29, 1.82) is 0 Å². The van der Waals surface area contributed by atoms with Gasteiger partial charge in [-0.2, -0.15) is 0 Å². The Morgan fingerprint density at radius 1 is 1.31 bits per heavy atom. The average Bonchev–Trinajstić information content (AvgIpc) is 2.17.